The van der Waals surface area contributed by atoms with Gasteiger partial charge >= 0.3 is 0 Å². The van der Waals surface area contributed by atoms with Crippen LogP contribution in [0.15, 0.2) is 71.3 Å². The van der Waals surface area contributed by atoms with Crippen LogP contribution in [0.3, 0.4) is 0 Å². The smallest absolute Gasteiger partial charge is 0.291 e. The molecule has 0 atom stereocenters. The lowest BCUT2D eigenvalue weighted by atomic mass is 10.1. The first kappa shape index (κ1) is 20.7. The second-order valence-corrected chi connectivity index (χ2v) is 7.95. The van der Waals surface area contributed by atoms with E-state index in [4.69, 9.17) is 4.42 Å². The fourth-order valence-corrected chi connectivity index (χ4v) is 3.94. The summed E-state index contributed by atoms with van der Waals surface area (Å²) in [5.41, 5.74) is 2.65. The zero-order valence-corrected chi connectivity index (χ0v) is 18.0. The summed E-state index contributed by atoms with van der Waals surface area (Å²) in [5, 5.41) is 14.4. The average Bonchev–Trinajstić information content (AvgIpc) is 3.45. The second kappa shape index (κ2) is 9.12. The van der Waals surface area contributed by atoms with Crippen LogP contribution < -0.4 is 10.6 Å². The fraction of sp³-hybridized carbons (Fsp3) is 0.200. The Morgan fingerprint density at radius 3 is 2.52 bits per heavy atom. The lowest BCUT2D eigenvalue weighted by molar-refractivity contribution is 0.0995. The van der Waals surface area contributed by atoms with Crippen molar-refractivity contribution in [3.63, 3.8) is 0 Å². The van der Waals surface area contributed by atoms with Gasteiger partial charge in [0.1, 0.15) is 5.82 Å². The monoisotopic (exact) mass is 441 g/mol. The van der Waals surface area contributed by atoms with Crippen molar-refractivity contribution < 1.29 is 14.0 Å². The molecule has 166 valence electrons. The van der Waals surface area contributed by atoms with E-state index >= 15 is 0 Å². The molecule has 8 heteroatoms. The number of carbonyl (C=O) groups excluding carboxylic acids is 2. The van der Waals surface area contributed by atoms with Crippen molar-refractivity contribution in [3.8, 4) is 11.4 Å². The Bertz CT molecular complexity index is 1280. The molecule has 2 N–H and O–H groups in total. The quantitative estimate of drug-likeness (QED) is 0.465. The molecule has 0 fully saturated rings. The van der Waals surface area contributed by atoms with Crippen LogP contribution in [-0.2, 0) is 13.0 Å². The summed E-state index contributed by atoms with van der Waals surface area (Å²) in [4.78, 5) is 24.8. The maximum absolute atomic E-state index is 12.8. The lowest BCUT2D eigenvalue weighted by Crippen LogP contribution is -2.13. The van der Waals surface area contributed by atoms with Gasteiger partial charge in [-0.05, 0) is 61.4 Å². The fourth-order valence-electron chi connectivity index (χ4n) is 3.94. The summed E-state index contributed by atoms with van der Waals surface area (Å²) in [7, 11) is 0. The van der Waals surface area contributed by atoms with Crippen LogP contribution in [0, 0.1) is 0 Å². The Hall–Kier alpha value is -4.20. The zero-order valence-electron chi connectivity index (χ0n) is 18.0. The highest BCUT2D eigenvalue weighted by Gasteiger charge is 2.17. The molecular weight excluding hydrogens is 418 g/mol. The van der Waals surface area contributed by atoms with Crippen molar-refractivity contribution in [2.24, 2.45) is 0 Å². The summed E-state index contributed by atoms with van der Waals surface area (Å²) in [6, 6.07) is 17.6. The second-order valence-electron chi connectivity index (χ2n) is 7.95. The molecule has 0 unspecified atom stereocenters. The normalized spacial score (nSPS) is 13.1. The van der Waals surface area contributed by atoms with E-state index in [0.29, 0.717) is 16.9 Å². The first-order valence-corrected chi connectivity index (χ1v) is 11.0. The highest BCUT2D eigenvalue weighted by molar-refractivity contribution is 6.05. The molecule has 0 radical (unpaired) electrons. The molecule has 0 saturated heterocycles. The number of aryl methyl sites for hydroxylation is 1. The number of amides is 2. The Labute approximate surface area is 190 Å². The number of nitrogens with zero attached hydrogens (tertiary/aromatic N) is 3. The van der Waals surface area contributed by atoms with Crippen LogP contribution in [0.5, 0.6) is 0 Å². The Morgan fingerprint density at radius 2 is 1.70 bits per heavy atom. The van der Waals surface area contributed by atoms with Crippen LogP contribution >= 0.6 is 0 Å². The Balaban J connectivity index is 1.28. The molecule has 33 heavy (non-hydrogen) atoms. The van der Waals surface area contributed by atoms with E-state index in [1.165, 1.54) is 12.7 Å². The predicted octanol–water partition coefficient (Wildman–Crippen LogP) is 4.77. The third-order valence-corrected chi connectivity index (χ3v) is 5.64. The number of fused-ring (bicyclic) bond motifs is 1. The van der Waals surface area contributed by atoms with Crippen molar-refractivity contribution in [3.05, 3.63) is 84.1 Å². The third kappa shape index (κ3) is 4.55. The van der Waals surface area contributed by atoms with Gasteiger partial charge < -0.3 is 19.6 Å². The van der Waals surface area contributed by atoms with Gasteiger partial charge in [0.2, 0.25) is 0 Å². The van der Waals surface area contributed by atoms with Gasteiger partial charge in [-0.25, -0.2) is 0 Å². The minimum Gasteiger partial charge on any atom is -0.459 e. The number of hydrogen-bond donors (Lipinski definition) is 2. The van der Waals surface area contributed by atoms with E-state index < -0.39 is 0 Å². The largest absolute Gasteiger partial charge is 0.459 e. The van der Waals surface area contributed by atoms with E-state index in [1.54, 1.807) is 36.4 Å². The molecule has 0 spiro atoms. The zero-order chi connectivity index (χ0) is 22.6. The number of aromatic nitrogens is 3. The molecule has 1 aliphatic rings. The Kier molecular flexibility index (Phi) is 5.72. The van der Waals surface area contributed by atoms with Crippen LogP contribution in [0.25, 0.3) is 11.4 Å². The van der Waals surface area contributed by atoms with Crippen molar-refractivity contribution in [1.29, 1.82) is 0 Å². The summed E-state index contributed by atoms with van der Waals surface area (Å²) < 4.78 is 7.27. The van der Waals surface area contributed by atoms with Crippen LogP contribution in [-0.4, -0.2) is 26.6 Å². The lowest BCUT2D eigenvalue weighted by Gasteiger charge is -2.10. The van der Waals surface area contributed by atoms with Crippen molar-refractivity contribution in [2.75, 3.05) is 10.6 Å². The number of hydrogen-bond acceptors (Lipinski definition) is 5. The van der Waals surface area contributed by atoms with Crippen molar-refractivity contribution in [1.82, 2.24) is 14.8 Å². The molecule has 0 aliphatic carbocycles. The van der Waals surface area contributed by atoms with E-state index in [9.17, 15) is 9.59 Å². The van der Waals surface area contributed by atoms with Gasteiger partial charge in [-0.15, -0.1) is 10.2 Å². The van der Waals surface area contributed by atoms with E-state index in [-0.39, 0.29) is 17.6 Å². The van der Waals surface area contributed by atoms with E-state index in [0.717, 1.165) is 43.0 Å². The standard InChI is InChI=1S/C25H23N5O3/c31-24(17-10-12-19(13-11-17)26-25(32)21-8-5-15-33-21)27-20-7-4-6-18(16-20)23-29-28-22-9-2-1-3-14-30(22)23/h4-8,10-13,15-16H,1-3,9,14H2,(H,26,32)(H,27,31). The van der Waals surface area contributed by atoms with Gasteiger partial charge in [0.15, 0.2) is 11.6 Å². The molecule has 2 aromatic heterocycles. The number of benzene rings is 2. The van der Waals surface area contributed by atoms with Crippen molar-refractivity contribution in [2.45, 2.75) is 32.2 Å². The average molecular weight is 441 g/mol. The van der Waals surface area contributed by atoms with Crippen molar-refractivity contribution >= 4 is 23.2 Å². The molecule has 4 aromatic rings. The van der Waals surface area contributed by atoms with Crippen LogP contribution in [0.1, 0.15) is 46.0 Å². The highest BCUT2D eigenvalue weighted by atomic mass is 16.3. The predicted molar refractivity (Wildman–Crippen MR) is 124 cm³/mol. The third-order valence-electron chi connectivity index (χ3n) is 5.64. The van der Waals surface area contributed by atoms with E-state index in [1.807, 2.05) is 24.3 Å². The number of anilines is 2. The Morgan fingerprint density at radius 1 is 0.848 bits per heavy atom. The molecule has 2 aromatic carbocycles. The van der Waals surface area contributed by atoms with E-state index in [2.05, 4.69) is 25.4 Å². The molecule has 0 saturated carbocycles. The van der Waals surface area contributed by atoms with Gasteiger partial charge in [0.25, 0.3) is 11.8 Å². The summed E-state index contributed by atoms with van der Waals surface area (Å²) in [5.74, 6) is 1.49. The topological polar surface area (TPSA) is 102 Å². The van der Waals surface area contributed by atoms with Gasteiger partial charge in [0, 0.05) is 35.5 Å². The molecular formula is C25H23N5O3. The van der Waals surface area contributed by atoms with Crippen LogP contribution in [0.4, 0.5) is 11.4 Å². The summed E-state index contributed by atoms with van der Waals surface area (Å²) in [6.45, 7) is 0.914. The molecule has 5 rings (SSSR count). The number of rotatable bonds is 5. The minimum absolute atomic E-state index is 0.223. The van der Waals surface area contributed by atoms with Crippen LogP contribution in [0.2, 0.25) is 0 Å². The first-order valence-electron chi connectivity index (χ1n) is 11.0. The van der Waals surface area contributed by atoms with Gasteiger partial charge in [0.05, 0.1) is 6.26 Å². The maximum Gasteiger partial charge on any atom is 0.291 e. The van der Waals surface area contributed by atoms with Gasteiger partial charge in [-0.1, -0.05) is 18.6 Å². The number of carbonyl (C=O) groups is 2. The summed E-state index contributed by atoms with van der Waals surface area (Å²) >= 11 is 0. The number of furan rings is 1. The number of nitrogens with one attached hydrogen (secondary N) is 2. The molecule has 0 bridgehead atoms. The van der Waals surface area contributed by atoms with Gasteiger partial charge in [-0.2, -0.15) is 0 Å². The molecule has 3 heterocycles. The molecule has 8 nitrogen and oxygen atoms in total. The SMILES string of the molecule is O=C(Nc1cccc(-c2nnc3n2CCCCC3)c1)c1ccc(NC(=O)c2ccco2)cc1. The molecule has 2 amide bonds. The summed E-state index contributed by atoms with van der Waals surface area (Å²) in [6.07, 6.45) is 5.84. The minimum atomic E-state index is -0.347. The maximum atomic E-state index is 12.8. The highest BCUT2D eigenvalue weighted by Crippen LogP contribution is 2.25. The van der Waals surface area contributed by atoms with Gasteiger partial charge in [-0.3, -0.25) is 9.59 Å². The molecule has 1 aliphatic heterocycles. The first-order chi connectivity index (χ1) is 16.2.